The van der Waals surface area contributed by atoms with E-state index in [1.165, 1.54) is 28.8 Å². The van der Waals surface area contributed by atoms with Crippen molar-refractivity contribution in [2.45, 2.75) is 56.8 Å². The van der Waals surface area contributed by atoms with Gasteiger partial charge in [-0.2, -0.15) is 4.31 Å². The van der Waals surface area contributed by atoms with Gasteiger partial charge in [-0.1, -0.05) is 23.3 Å². The van der Waals surface area contributed by atoms with Crippen LogP contribution >= 0.6 is 11.6 Å². The maximum atomic E-state index is 13.3. The van der Waals surface area contributed by atoms with E-state index in [0.717, 1.165) is 19.3 Å². The smallest absolute Gasteiger partial charge is 0.246 e. The van der Waals surface area contributed by atoms with E-state index in [1.54, 1.807) is 19.1 Å². The zero-order valence-corrected chi connectivity index (χ0v) is 19.1. The third-order valence-electron chi connectivity index (χ3n) is 5.71. The number of sulfonamides is 1. The number of carbonyl (C=O) groups is 1. The highest BCUT2D eigenvalue weighted by Gasteiger charge is 2.35. The molecule has 0 aromatic heterocycles. The molecule has 0 spiro atoms. The standard InChI is InChI=1S/C22H31ClN2O4S/c1-2-29-20-11-10-19(23)15-21(20)30(27,28)25-14-6-9-18(16-25)22(26)24-13-12-17-7-4-3-5-8-17/h7,10-11,15,18H,2-6,8-9,12-14,16H2,1H3,(H,24,26)/t18-/m1/s1. The minimum atomic E-state index is -3.81. The highest BCUT2D eigenvalue weighted by atomic mass is 35.5. The number of piperidine rings is 1. The second-order valence-corrected chi connectivity index (χ2v) is 10.2. The molecule has 1 N–H and O–H groups in total. The molecule has 6 nitrogen and oxygen atoms in total. The van der Waals surface area contributed by atoms with Crippen LogP contribution in [0.5, 0.6) is 5.75 Å². The lowest BCUT2D eigenvalue weighted by atomic mass is 9.96. The lowest BCUT2D eigenvalue weighted by Crippen LogP contribution is -2.45. The van der Waals surface area contributed by atoms with E-state index in [9.17, 15) is 13.2 Å². The zero-order valence-electron chi connectivity index (χ0n) is 17.5. The van der Waals surface area contributed by atoms with Crippen LogP contribution in [-0.2, 0) is 14.8 Å². The van der Waals surface area contributed by atoms with Crippen LogP contribution in [0.2, 0.25) is 5.02 Å². The Balaban J connectivity index is 1.64. The topological polar surface area (TPSA) is 75.7 Å². The first-order valence-electron chi connectivity index (χ1n) is 10.8. The summed E-state index contributed by atoms with van der Waals surface area (Å²) < 4.78 is 33.4. The van der Waals surface area contributed by atoms with Crippen molar-refractivity contribution in [1.82, 2.24) is 9.62 Å². The van der Waals surface area contributed by atoms with Gasteiger partial charge in [0.2, 0.25) is 15.9 Å². The minimum absolute atomic E-state index is 0.0575. The average Bonchev–Trinajstić information content (AvgIpc) is 2.76. The van der Waals surface area contributed by atoms with Crippen molar-refractivity contribution < 1.29 is 17.9 Å². The molecule has 30 heavy (non-hydrogen) atoms. The molecule has 2 aliphatic rings. The summed E-state index contributed by atoms with van der Waals surface area (Å²) in [7, 11) is -3.81. The number of ether oxygens (including phenoxy) is 1. The summed E-state index contributed by atoms with van der Waals surface area (Å²) in [5.74, 6) is -0.125. The summed E-state index contributed by atoms with van der Waals surface area (Å²) in [6.07, 6.45) is 9.22. The first-order chi connectivity index (χ1) is 14.4. The molecule has 166 valence electrons. The number of hydrogen-bond acceptors (Lipinski definition) is 4. The van der Waals surface area contributed by atoms with Crippen LogP contribution in [0.3, 0.4) is 0 Å². The normalized spacial score (nSPS) is 20.5. The third kappa shape index (κ3) is 5.77. The fourth-order valence-electron chi connectivity index (χ4n) is 4.09. The molecule has 0 unspecified atom stereocenters. The number of benzene rings is 1. The molecule has 1 aliphatic carbocycles. The second-order valence-electron chi connectivity index (χ2n) is 7.88. The summed E-state index contributed by atoms with van der Waals surface area (Å²) in [6.45, 7) is 3.32. The number of nitrogens with one attached hydrogen (secondary N) is 1. The van der Waals surface area contributed by atoms with Crippen LogP contribution < -0.4 is 10.1 Å². The fourth-order valence-corrected chi connectivity index (χ4v) is 6.01. The van der Waals surface area contributed by atoms with Crippen molar-refractivity contribution in [2.24, 2.45) is 5.92 Å². The van der Waals surface area contributed by atoms with Gasteiger partial charge in [0.1, 0.15) is 10.6 Å². The Bertz CT molecular complexity index is 885. The van der Waals surface area contributed by atoms with Gasteiger partial charge in [-0.05, 0) is 70.1 Å². The summed E-state index contributed by atoms with van der Waals surface area (Å²) in [6, 6.07) is 4.61. The van der Waals surface area contributed by atoms with Gasteiger partial charge in [0.05, 0.1) is 12.5 Å². The molecule has 1 amide bonds. The maximum Gasteiger partial charge on any atom is 0.246 e. The maximum absolute atomic E-state index is 13.3. The van der Waals surface area contributed by atoms with Crippen LogP contribution in [-0.4, -0.2) is 44.9 Å². The number of allylic oxidation sites excluding steroid dienone is 1. The van der Waals surface area contributed by atoms with E-state index in [2.05, 4.69) is 11.4 Å². The molecule has 1 aromatic carbocycles. The first kappa shape index (κ1) is 23.1. The number of rotatable bonds is 8. The zero-order chi connectivity index (χ0) is 21.6. The van der Waals surface area contributed by atoms with Gasteiger partial charge < -0.3 is 10.1 Å². The molecule has 1 fully saturated rings. The van der Waals surface area contributed by atoms with Crippen molar-refractivity contribution in [3.8, 4) is 5.75 Å². The molecule has 0 bridgehead atoms. The molecule has 1 atom stereocenters. The Hall–Kier alpha value is -1.57. The summed E-state index contributed by atoms with van der Waals surface area (Å²) >= 11 is 6.06. The Labute approximate surface area is 184 Å². The number of amides is 1. The molecule has 8 heteroatoms. The van der Waals surface area contributed by atoms with Gasteiger partial charge in [0.25, 0.3) is 0 Å². The fraction of sp³-hybridized carbons (Fsp3) is 0.591. The van der Waals surface area contributed by atoms with Crippen LogP contribution in [0.4, 0.5) is 0 Å². The van der Waals surface area contributed by atoms with Gasteiger partial charge in [0, 0.05) is 24.7 Å². The summed E-state index contributed by atoms with van der Waals surface area (Å²) in [5.41, 5.74) is 1.42. The number of hydrogen-bond donors (Lipinski definition) is 1. The van der Waals surface area contributed by atoms with Gasteiger partial charge >= 0.3 is 0 Å². The molecule has 3 rings (SSSR count). The third-order valence-corrected chi connectivity index (χ3v) is 7.83. The SMILES string of the molecule is CCOc1ccc(Cl)cc1S(=O)(=O)N1CCC[C@@H](C(=O)NCCC2=CCCCC2)C1. The van der Waals surface area contributed by atoms with Crippen molar-refractivity contribution in [2.75, 3.05) is 26.2 Å². The molecular formula is C22H31ClN2O4S. The van der Waals surface area contributed by atoms with Crippen molar-refractivity contribution in [1.29, 1.82) is 0 Å². The van der Waals surface area contributed by atoms with E-state index in [-0.39, 0.29) is 29.0 Å². The van der Waals surface area contributed by atoms with Crippen molar-refractivity contribution >= 4 is 27.5 Å². The quantitative estimate of drug-likeness (QED) is 0.599. The molecule has 0 radical (unpaired) electrons. The predicted molar refractivity (Wildman–Crippen MR) is 118 cm³/mol. The number of carbonyl (C=O) groups excluding carboxylic acids is 1. The molecule has 1 aromatic rings. The number of nitrogens with zero attached hydrogens (tertiary/aromatic N) is 1. The van der Waals surface area contributed by atoms with Gasteiger partial charge in [0.15, 0.2) is 0 Å². The monoisotopic (exact) mass is 454 g/mol. The van der Waals surface area contributed by atoms with Crippen molar-refractivity contribution in [3.05, 3.63) is 34.9 Å². The summed E-state index contributed by atoms with van der Waals surface area (Å²) in [5, 5.41) is 3.34. The Kier molecular flexibility index (Phi) is 8.20. The Morgan fingerprint density at radius 1 is 1.30 bits per heavy atom. The second kappa shape index (κ2) is 10.6. The Morgan fingerprint density at radius 3 is 2.87 bits per heavy atom. The van der Waals surface area contributed by atoms with Crippen molar-refractivity contribution in [3.63, 3.8) is 0 Å². The van der Waals surface area contributed by atoms with Crippen LogP contribution in [0.25, 0.3) is 0 Å². The van der Waals surface area contributed by atoms with E-state index in [4.69, 9.17) is 16.3 Å². The molecule has 0 saturated carbocycles. The lowest BCUT2D eigenvalue weighted by molar-refractivity contribution is -0.126. The molecule has 1 saturated heterocycles. The summed E-state index contributed by atoms with van der Waals surface area (Å²) in [4.78, 5) is 12.7. The first-order valence-corrected chi connectivity index (χ1v) is 12.6. The van der Waals surface area contributed by atoms with Crippen LogP contribution in [0.1, 0.15) is 51.9 Å². The molecule has 1 heterocycles. The molecule has 1 aliphatic heterocycles. The average molecular weight is 455 g/mol. The van der Waals surface area contributed by atoms with Crippen LogP contribution in [0, 0.1) is 5.92 Å². The minimum Gasteiger partial charge on any atom is -0.492 e. The van der Waals surface area contributed by atoms with E-state index in [1.807, 2.05) is 0 Å². The van der Waals surface area contributed by atoms with Gasteiger partial charge in [-0.25, -0.2) is 8.42 Å². The molecular weight excluding hydrogens is 424 g/mol. The van der Waals surface area contributed by atoms with Gasteiger partial charge in [-0.3, -0.25) is 4.79 Å². The highest BCUT2D eigenvalue weighted by molar-refractivity contribution is 7.89. The number of halogens is 1. The lowest BCUT2D eigenvalue weighted by Gasteiger charge is -2.31. The largest absolute Gasteiger partial charge is 0.492 e. The highest BCUT2D eigenvalue weighted by Crippen LogP contribution is 2.32. The van der Waals surface area contributed by atoms with E-state index < -0.39 is 10.0 Å². The van der Waals surface area contributed by atoms with Gasteiger partial charge in [-0.15, -0.1) is 0 Å². The Morgan fingerprint density at radius 2 is 2.13 bits per heavy atom. The predicted octanol–water partition coefficient (Wildman–Crippen LogP) is 4.15. The van der Waals surface area contributed by atoms with Crippen LogP contribution in [0.15, 0.2) is 34.7 Å². The van der Waals surface area contributed by atoms with E-state index in [0.29, 0.717) is 37.6 Å². The van der Waals surface area contributed by atoms with E-state index >= 15 is 0 Å².